The molecule has 1 aliphatic heterocycles. The lowest BCUT2D eigenvalue weighted by molar-refractivity contribution is -0.132. The maximum absolute atomic E-state index is 12.6. The minimum atomic E-state index is -0.698. The molecule has 1 N–H and O–H groups in total. The van der Waals surface area contributed by atoms with Gasteiger partial charge in [-0.2, -0.15) is 4.98 Å². The Kier molecular flexibility index (Phi) is 5.13. The summed E-state index contributed by atoms with van der Waals surface area (Å²) in [5, 5.41) is 6.61. The fourth-order valence-corrected chi connectivity index (χ4v) is 3.25. The number of nitrogens with zero attached hydrogens (tertiary/aromatic N) is 3. The quantitative estimate of drug-likeness (QED) is 0.768. The van der Waals surface area contributed by atoms with Crippen LogP contribution in [0.15, 0.2) is 33.3 Å². The Bertz CT molecular complexity index is 828. The van der Waals surface area contributed by atoms with Crippen molar-refractivity contribution in [1.82, 2.24) is 15.5 Å². The van der Waals surface area contributed by atoms with E-state index >= 15 is 0 Å². The number of nitrogens with one attached hydrogen (secondary N) is 1. The van der Waals surface area contributed by atoms with Crippen LogP contribution in [0.5, 0.6) is 0 Å². The van der Waals surface area contributed by atoms with E-state index < -0.39 is 5.92 Å². The molecule has 2 aromatic rings. The molecule has 0 spiro atoms. The second-order valence-corrected chi connectivity index (χ2v) is 8.12. The predicted octanol–water partition coefficient (Wildman–Crippen LogP) is 2.80. The lowest BCUT2D eigenvalue weighted by atomic mass is 9.97. The normalized spacial score (nSPS) is 17.6. The second-order valence-electron chi connectivity index (χ2n) is 7.27. The number of benzene rings is 1. The van der Waals surface area contributed by atoms with Gasteiger partial charge in [0.2, 0.25) is 17.7 Å². The summed E-state index contributed by atoms with van der Waals surface area (Å²) in [5.74, 6) is -0.296. The molecular formula is C18H21BrN4O3. The molecule has 1 unspecified atom stereocenters. The molecule has 3 rings (SSSR count). The molecule has 1 fully saturated rings. The Morgan fingerprint density at radius 1 is 1.38 bits per heavy atom. The molecule has 0 saturated carbocycles. The molecule has 0 radical (unpaired) electrons. The highest BCUT2D eigenvalue weighted by Crippen LogP contribution is 2.31. The average molecular weight is 421 g/mol. The number of aromatic nitrogens is 2. The van der Waals surface area contributed by atoms with Gasteiger partial charge < -0.3 is 14.7 Å². The van der Waals surface area contributed by atoms with Crippen molar-refractivity contribution in [2.24, 2.45) is 5.92 Å². The Labute approximate surface area is 160 Å². The number of hydrogen-bond donors (Lipinski definition) is 1. The number of anilines is 1. The van der Waals surface area contributed by atoms with E-state index in [1.807, 2.05) is 45.0 Å². The Hall–Kier alpha value is -2.22. The topological polar surface area (TPSA) is 88.3 Å². The first-order valence-corrected chi connectivity index (χ1v) is 9.23. The largest absolute Gasteiger partial charge is 0.348 e. The van der Waals surface area contributed by atoms with Crippen molar-refractivity contribution in [1.29, 1.82) is 0 Å². The fourth-order valence-electron chi connectivity index (χ4n) is 2.75. The predicted molar refractivity (Wildman–Crippen MR) is 99.4 cm³/mol. The summed E-state index contributed by atoms with van der Waals surface area (Å²) in [5.41, 5.74) is 0.529. The van der Waals surface area contributed by atoms with Crippen LogP contribution in [0, 0.1) is 5.92 Å². The zero-order valence-corrected chi connectivity index (χ0v) is 16.5. The van der Waals surface area contributed by atoms with Crippen molar-refractivity contribution in [2.75, 3.05) is 11.4 Å². The van der Waals surface area contributed by atoms with Crippen LogP contribution in [0.2, 0.25) is 0 Å². The number of carbonyl (C=O) groups excluding carboxylic acids is 2. The third-order valence-corrected chi connectivity index (χ3v) is 4.87. The van der Waals surface area contributed by atoms with E-state index in [1.165, 1.54) is 0 Å². The second kappa shape index (κ2) is 7.19. The molecule has 138 valence electrons. The smallest absolute Gasteiger partial charge is 0.239 e. The maximum atomic E-state index is 12.6. The Morgan fingerprint density at radius 3 is 2.77 bits per heavy atom. The first-order chi connectivity index (χ1) is 12.3. The van der Waals surface area contributed by atoms with Crippen molar-refractivity contribution in [3.05, 3.63) is 40.5 Å². The molecule has 2 heterocycles. The number of carbonyl (C=O) groups is 2. The van der Waals surface area contributed by atoms with Crippen molar-refractivity contribution in [3.63, 3.8) is 0 Å². The van der Waals surface area contributed by atoms with Gasteiger partial charge in [0.15, 0.2) is 5.82 Å². The van der Waals surface area contributed by atoms with E-state index in [0.717, 1.165) is 10.2 Å². The maximum Gasteiger partial charge on any atom is 0.239 e. The van der Waals surface area contributed by atoms with Gasteiger partial charge in [0, 0.05) is 16.4 Å². The minimum absolute atomic E-state index is 0.136. The SMILES string of the molecule is CC(C)(C)c1nc(CNC(=O)C2CCN(c3ccccc3Br)C2=O)no1. The van der Waals surface area contributed by atoms with Gasteiger partial charge in [-0.15, -0.1) is 0 Å². The number of hydrogen-bond acceptors (Lipinski definition) is 5. The van der Waals surface area contributed by atoms with E-state index in [0.29, 0.717) is 24.7 Å². The summed E-state index contributed by atoms with van der Waals surface area (Å²) in [7, 11) is 0. The van der Waals surface area contributed by atoms with Crippen LogP contribution in [0.3, 0.4) is 0 Å². The summed E-state index contributed by atoms with van der Waals surface area (Å²) in [6, 6.07) is 7.48. The average Bonchev–Trinajstić information content (AvgIpc) is 3.20. The van der Waals surface area contributed by atoms with Gasteiger partial charge in [0.05, 0.1) is 12.2 Å². The van der Waals surface area contributed by atoms with Crippen LogP contribution in [-0.2, 0) is 21.5 Å². The molecule has 0 aliphatic carbocycles. The molecule has 1 aromatic heterocycles. The molecule has 7 nitrogen and oxygen atoms in total. The third-order valence-electron chi connectivity index (χ3n) is 4.20. The van der Waals surface area contributed by atoms with Crippen molar-refractivity contribution < 1.29 is 14.1 Å². The summed E-state index contributed by atoms with van der Waals surface area (Å²) < 4.78 is 6.03. The van der Waals surface area contributed by atoms with Crippen LogP contribution >= 0.6 is 15.9 Å². The zero-order chi connectivity index (χ0) is 18.9. The molecule has 1 aromatic carbocycles. The highest BCUT2D eigenvalue weighted by atomic mass is 79.9. The third kappa shape index (κ3) is 3.80. The molecule has 26 heavy (non-hydrogen) atoms. The first kappa shape index (κ1) is 18.6. The van der Waals surface area contributed by atoms with Gasteiger partial charge in [-0.1, -0.05) is 38.1 Å². The molecule has 1 atom stereocenters. The summed E-state index contributed by atoms with van der Waals surface area (Å²) in [6.45, 7) is 6.55. The van der Waals surface area contributed by atoms with E-state index in [4.69, 9.17) is 4.52 Å². The van der Waals surface area contributed by atoms with Gasteiger partial charge in [-0.05, 0) is 34.5 Å². The molecule has 0 bridgehead atoms. The monoisotopic (exact) mass is 420 g/mol. The Balaban J connectivity index is 1.62. The number of rotatable bonds is 4. The lowest BCUT2D eigenvalue weighted by Crippen LogP contribution is -2.36. The van der Waals surface area contributed by atoms with E-state index in [1.54, 1.807) is 4.90 Å². The highest BCUT2D eigenvalue weighted by molar-refractivity contribution is 9.10. The van der Waals surface area contributed by atoms with Crippen LogP contribution < -0.4 is 10.2 Å². The molecule has 1 saturated heterocycles. The first-order valence-electron chi connectivity index (χ1n) is 8.44. The summed E-state index contributed by atoms with van der Waals surface area (Å²) in [4.78, 5) is 31.0. The van der Waals surface area contributed by atoms with Crippen molar-refractivity contribution >= 4 is 33.4 Å². The molecule has 8 heteroatoms. The number of amides is 2. The molecule has 2 amide bonds. The van der Waals surface area contributed by atoms with Gasteiger partial charge in [0.1, 0.15) is 5.92 Å². The molecule has 1 aliphatic rings. The van der Waals surface area contributed by atoms with Gasteiger partial charge in [-0.3, -0.25) is 9.59 Å². The molecular weight excluding hydrogens is 400 g/mol. The van der Waals surface area contributed by atoms with E-state index in [-0.39, 0.29) is 23.8 Å². The van der Waals surface area contributed by atoms with Crippen LogP contribution in [0.4, 0.5) is 5.69 Å². The lowest BCUT2D eigenvalue weighted by Gasteiger charge is -2.18. The van der Waals surface area contributed by atoms with E-state index in [9.17, 15) is 9.59 Å². The fraction of sp³-hybridized carbons (Fsp3) is 0.444. The van der Waals surface area contributed by atoms with Crippen molar-refractivity contribution in [2.45, 2.75) is 39.2 Å². The van der Waals surface area contributed by atoms with Gasteiger partial charge in [0.25, 0.3) is 0 Å². The van der Waals surface area contributed by atoms with Crippen LogP contribution in [0.1, 0.15) is 38.9 Å². The van der Waals surface area contributed by atoms with Gasteiger partial charge in [-0.25, -0.2) is 0 Å². The Morgan fingerprint density at radius 2 is 2.12 bits per heavy atom. The number of para-hydroxylation sites is 1. The van der Waals surface area contributed by atoms with E-state index in [2.05, 4.69) is 31.4 Å². The minimum Gasteiger partial charge on any atom is -0.348 e. The summed E-state index contributed by atoms with van der Waals surface area (Å²) in [6.07, 6.45) is 0.478. The summed E-state index contributed by atoms with van der Waals surface area (Å²) >= 11 is 3.45. The van der Waals surface area contributed by atoms with Crippen molar-refractivity contribution in [3.8, 4) is 0 Å². The van der Waals surface area contributed by atoms with Gasteiger partial charge >= 0.3 is 0 Å². The standard InChI is InChI=1S/C18H21BrN4O3/c1-18(2,3)17-21-14(22-26-17)10-20-15(24)11-8-9-23(16(11)25)13-7-5-4-6-12(13)19/h4-7,11H,8-10H2,1-3H3,(H,20,24). The van der Waals surface area contributed by atoms with Crippen LogP contribution in [0.25, 0.3) is 0 Å². The highest BCUT2D eigenvalue weighted by Gasteiger charge is 2.38. The zero-order valence-electron chi connectivity index (χ0n) is 15.0. The number of halogens is 1. The van der Waals surface area contributed by atoms with Crippen LogP contribution in [-0.4, -0.2) is 28.5 Å².